The van der Waals surface area contributed by atoms with Crippen LogP contribution in [0.2, 0.25) is 0 Å². The first-order valence-electron chi connectivity index (χ1n) is 10.1. The molecule has 1 atom stereocenters. The highest BCUT2D eigenvalue weighted by Gasteiger charge is 2.42. The fourth-order valence-electron chi connectivity index (χ4n) is 4.78. The van der Waals surface area contributed by atoms with Crippen LogP contribution in [-0.4, -0.2) is 55.7 Å². The molecule has 3 heterocycles. The summed E-state index contributed by atoms with van der Waals surface area (Å²) in [5.41, 5.74) is 0.192. The largest absolute Gasteiger partial charge is 0.385 e. The van der Waals surface area contributed by atoms with Crippen molar-refractivity contribution in [2.75, 3.05) is 44.8 Å². The number of carbonyl (C=O) groups is 1. The van der Waals surface area contributed by atoms with E-state index in [0.717, 1.165) is 51.3 Å². The van der Waals surface area contributed by atoms with Gasteiger partial charge in [-0.3, -0.25) is 4.79 Å². The number of rotatable bonds is 5. The molecule has 0 N–H and O–H groups in total. The summed E-state index contributed by atoms with van der Waals surface area (Å²) >= 11 is 0. The minimum atomic E-state index is 0.192. The lowest BCUT2D eigenvalue weighted by Gasteiger charge is -2.48. The number of ether oxygens (including phenoxy) is 1. The molecule has 2 aromatic rings. The number of piperidine rings is 2. The van der Waals surface area contributed by atoms with Crippen molar-refractivity contribution >= 4 is 22.5 Å². The van der Waals surface area contributed by atoms with Crippen LogP contribution in [0.5, 0.6) is 0 Å². The lowest BCUT2D eigenvalue weighted by atomic mass is 9.73. The number of anilines is 1. The Balaban J connectivity index is 1.54. The van der Waals surface area contributed by atoms with E-state index in [1.54, 1.807) is 7.11 Å². The van der Waals surface area contributed by atoms with Crippen molar-refractivity contribution in [1.82, 2.24) is 9.88 Å². The quantitative estimate of drug-likeness (QED) is 0.759. The second-order valence-electron chi connectivity index (χ2n) is 8.04. The number of hydrogen-bond acceptors (Lipinski definition) is 4. The molecule has 0 radical (unpaired) electrons. The highest BCUT2D eigenvalue weighted by molar-refractivity contribution is 5.92. The fraction of sp³-hybridized carbons (Fsp3) is 0.545. The predicted octanol–water partition coefficient (Wildman–Crippen LogP) is 3.48. The van der Waals surface area contributed by atoms with E-state index in [1.165, 1.54) is 17.2 Å². The molecule has 0 saturated carbocycles. The maximum Gasteiger partial charge on any atom is 0.222 e. The van der Waals surface area contributed by atoms with Gasteiger partial charge >= 0.3 is 0 Å². The third-order valence-corrected chi connectivity index (χ3v) is 6.14. The molecule has 1 amide bonds. The second-order valence-corrected chi connectivity index (χ2v) is 8.04. The number of nitrogens with zero attached hydrogens (tertiary/aromatic N) is 3. The number of amides is 1. The molecule has 1 aromatic carbocycles. The molecular formula is C22H29N3O2. The summed E-state index contributed by atoms with van der Waals surface area (Å²) in [6.45, 7) is 4.42. The van der Waals surface area contributed by atoms with E-state index >= 15 is 0 Å². The zero-order chi connectivity index (χ0) is 18.7. The molecule has 1 unspecified atom stereocenters. The van der Waals surface area contributed by atoms with Crippen molar-refractivity contribution in [2.45, 2.75) is 32.1 Å². The molecule has 2 saturated heterocycles. The van der Waals surface area contributed by atoms with Crippen molar-refractivity contribution in [3.63, 3.8) is 0 Å². The zero-order valence-corrected chi connectivity index (χ0v) is 16.2. The molecule has 5 heteroatoms. The Morgan fingerprint density at radius 1 is 1.19 bits per heavy atom. The Labute approximate surface area is 161 Å². The summed E-state index contributed by atoms with van der Waals surface area (Å²) < 4.78 is 5.17. The SMILES string of the molecule is COCCCN1CC2(CCCN(c3nccc4ccccc34)C2)CCC1=O. The first-order chi connectivity index (χ1) is 13.2. The van der Waals surface area contributed by atoms with Crippen molar-refractivity contribution in [2.24, 2.45) is 5.41 Å². The maximum atomic E-state index is 12.4. The van der Waals surface area contributed by atoms with Crippen LogP contribution in [-0.2, 0) is 9.53 Å². The summed E-state index contributed by atoms with van der Waals surface area (Å²) in [4.78, 5) is 21.7. The van der Waals surface area contributed by atoms with E-state index in [0.29, 0.717) is 18.9 Å². The number of methoxy groups -OCH3 is 1. The van der Waals surface area contributed by atoms with Crippen molar-refractivity contribution in [1.29, 1.82) is 0 Å². The van der Waals surface area contributed by atoms with Gasteiger partial charge < -0.3 is 14.5 Å². The Kier molecular flexibility index (Phi) is 5.30. The number of pyridine rings is 1. The maximum absolute atomic E-state index is 12.4. The monoisotopic (exact) mass is 367 g/mol. The molecule has 2 fully saturated rings. The third kappa shape index (κ3) is 3.79. The van der Waals surface area contributed by atoms with Gasteiger partial charge in [0.2, 0.25) is 5.91 Å². The average molecular weight is 367 g/mol. The van der Waals surface area contributed by atoms with Gasteiger partial charge in [0.05, 0.1) is 0 Å². The van der Waals surface area contributed by atoms with Crippen molar-refractivity contribution in [3.05, 3.63) is 36.5 Å². The number of fused-ring (bicyclic) bond motifs is 1. The fourth-order valence-corrected chi connectivity index (χ4v) is 4.78. The molecule has 1 spiro atoms. The van der Waals surface area contributed by atoms with Crippen LogP contribution in [0, 0.1) is 5.41 Å². The Morgan fingerprint density at radius 2 is 2.07 bits per heavy atom. The van der Waals surface area contributed by atoms with Gasteiger partial charge in [-0.15, -0.1) is 0 Å². The van der Waals surface area contributed by atoms with Gasteiger partial charge in [-0.2, -0.15) is 0 Å². The summed E-state index contributed by atoms with van der Waals surface area (Å²) in [6, 6.07) is 10.6. The van der Waals surface area contributed by atoms with Gasteiger partial charge in [0.1, 0.15) is 5.82 Å². The molecule has 0 aliphatic carbocycles. The predicted molar refractivity (Wildman–Crippen MR) is 108 cm³/mol. The second kappa shape index (κ2) is 7.85. The topological polar surface area (TPSA) is 45.7 Å². The number of aromatic nitrogens is 1. The summed E-state index contributed by atoms with van der Waals surface area (Å²) in [6.07, 6.45) is 6.85. The molecule has 0 bridgehead atoms. The molecule has 5 nitrogen and oxygen atoms in total. The van der Waals surface area contributed by atoms with Crippen molar-refractivity contribution in [3.8, 4) is 0 Å². The number of hydrogen-bond donors (Lipinski definition) is 0. The highest BCUT2D eigenvalue weighted by atomic mass is 16.5. The smallest absolute Gasteiger partial charge is 0.222 e. The van der Waals surface area contributed by atoms with Gasteiger partial charge in [0.15, 0.2) is 0 Å². The third-order valence-electron chi connectivity index (χ3n) is 6.14. The minimum Gasteiger partial charge on any atom is -0.385 e. The molecule has 1 aromatic heterocycles. The first kappa shape index (κ1) is 18.2. The van der Waals surface area contributed by atoms with E-state index in [-0.39, 0.29) is 5.41 Å². The normalized spacial score (nSPS) is 23.4. The molecule has 4 rings (SSSR count). The van der Waals surface area contributed by atoms with Crippen LogP contribution < -0.4 is 4.90 Å². The van der Waals surface area contributed by atoms with Crippen LogP contribution >= 0.6 is 0 Å². The lowest BCUT2D eigenvalue weighted by Crippen LogP contribution is -2.54. The first-order valence-corrected chi connectivity index (χ1v) is 10.1. The van der Waals surface area contributed by atoms with Gasteiger partial charge in [-0.05, 0) is 37.1 Å². The Hall–Kier alpha value is -2.14. The Morgan fingerprint density at radius 3 is 2.96 bits per heavy atom. The van der Waals surface area contributed by atoms with Gasteiger partial charge in [-0.25, -0.2) is 4.98 Å². The van der Waals surface area contributed by atoms with Crippen LogP contribution in [0.15, 0.2) is 36.5 Å². The number of likely N-dealkylation sites (tertiary alicyclic amines) is 1. The highest BCUT2D eigenvalue weighted by Crippen LogP contribution is 2.41. The van der Waals surface area contributed by atoms with E-state index in [9.17, 15) is 4.79 Å². The number of benzene rings is 1. The van der Waals surface area contributed by atoms with Crippen LogP contribution in [0.25, 0.3) is 10.8 Å². The van der Waals surface area contributed by atoms with Crippen LogP contribution in [0.3, 0.4) is 0 Å². The van der Waals surface area contributed by atoms with Crippen LogP contribution in [0.1, 0.15) is 32.1 Å². The van der Waals surface area contributed by atoms with Gasteiger partial charge in [0.25, 0.3) is 0 Å². The van der Waals surface area contributed by atoms with Crippen LogP contribution in [0.4, 0.5) is 5.82 Å². The summed E-state index contributed by atoms with van der Waals surface area (Å²) in [5, 5.41) is 2.46. The molecule has 27 heavy (non-hydrogen) atoms. The lowest BCUT2D eigenvalue weighted by molar-refractivity contribution is -0.138. The van der Waals surface area contributed by atoms with E-state index in [2.05, 4.69) is 40.1 Å². The van der Waals surface area contributed by atoms with E-state index < -0.39 is 0 Å². The van der Waals surface area contributed by atoms with E-state index in [4.69, 9.17) is 9.72 Å². The minimum absolute atomic E-state index is 0.192. The molecular weight excluding hydrogens is 338 g/mol. The van der Waals surface area contributed by atoms with Crippen molar-refractivity contribution < 1.29 is 9.53 Å². The summed E-state index contributed by atoms with van der Waals surface area (Å²) in [5.74, 6) is 1.40. The Bertz CT molecular complexity index is 804. The molecule has 144 valence electrons. The van der Waals surface area contributed by atoms with Gasteiger partial charge in [0, 0.05) is 63.3 Å². The summed E-state index contributed by atoms with van der Waals surface area (Å²) in [7, 11) is 1.72. The molecule has 2 aliphatic rings. The van der Waals surface area contributed by atoms with E-state index in [1.807, 2.05) is 6.20 Å². The van der Waals surface area contributed by atoms with Gasteiger partial charge in [-0.1, -0.05) is 24.3 Å². The number of carbonyl (C=O) groups excluding carboxylic acids is 1. The standard InChI is InChI=1S/C22H29N3O2/c1-27-15-5-14-24-16-22(11-8-20(24)26)10-4-13-25(17-22)21-19-7-3-2-6-18(19)9-12-23-21/h2-3,6-7,9,12H,4-5,8,10-11,13-17H2,1H3. The zero-order valence-electron chi connectivity index (χ0n) is 16.2. The molecule has 2 aliphatic heterocycles. The average Bonchev–Trinajstić information content (AvgIpc) is 2.71.